The average Bonchev–Trinajstić information content (AvgIpc) is 3.31. The van der Waals surface area contributed by atoms with Crippen LogP contribution in [0.25, 0.3) is 0 Å². The normalized spacial score (nSPS) is 19.5. The van der Waals surface area contributed by atoms with Gasteiger partial charge in [-0.1, -0.05) is 217 Å². The fraction of sp³-hybridized carbons (Fsp3) is 0.818. The maximum atomic E-state index is 12.9. The summed E-state index contributed by atoms with van der Waals surface area (Å²) in [5.41, 5.74) is 0. The Balaban J connectivity index is 2.36. The zero-order chi connectivity index (χ0) is 49.8. The number of aliphatic hydroxyl groups excluding tert-OH is 3. The van der Waals surface area contributed by atoms with Gasteiger partial charge in [0, 0.05) is 12.8 Å². The third-order valence-electron chi connectivity index (χ3n) is 12.4. The van der Waals surface area contributed by atoms with Crippen molar-refractivity contribution in [1.82, 2.24) is 0 Å². The summed E-state index contributed by atoms with van der Waals surface area (Å²) in [7, 11) is -4.61. The summed E-state index contributed by atoms with van der Waals surface area (Å²) in [4.78, 5) is 25.5. The van der Waals surface area contributed by atoms with E-state index in [0.29, 0.717) is 19.3 Å². The SMILES string of the molecule is CCCCC/C=C/C/C=C/C/C=C/C/C=C/CCCC(=O)OC[C@H](CO[C@H]1O[C@H](CS(=O)(=O)O)[C@@H](O)C(O)C1O)OC(=O)CCCCCCCCCCCCCCCCCCCCCCCCC. The molecule has 0 radical (unpaired) electrons. The smallest absolute Gasteiger partial charge is 0.306 e. The van der Waals surface area contributed by atoms with Gasteiger partial charge in [0.1, 0.15) is 36.8 Å². The van der Waals surface area contributed by atoms with Crippen LogP contribution in [-0.4, -0.2) is 96.0 Å². The van der Waals surface area contributed by atoms with Crippen molar-refractivity contribution in [3.05, 3.63) is 48.6 Å². The quantitative estimate of drug-likeness (QED) is 0.0196. The lowest BCUT2D eigenvalue weighted by Crippen LogP contribution is -2.60. The van der Waals surface area contributed by atoms with Gasteiger partial charge in [0.15, 0.2) is 12.4 Å². The number of carbonyl (C=O) groups excluding carboxylic acids is 2. The van der Waals surface area contributed by atoms with Crippen LogP contribution in [0.1, 0.15) is 232 Å². The molecule has 1 rings (SSSR count). The highest BCUT2D eigenvalue weighted by atomic mass is 32.2. The van der Waals surface area contributed by atoms with E-state index in [-0.39, 0.29) is 19.4 Å². The first-order valence-electron chi connectivity index (χ1n) is 27.2. The standard InChI is InChI=1S/C55H98O12S/c1-3-5-7-9-11-13-15-17-19-21-22-23-24-25-26-28-30-32-34-36-38-40-42-44-51(57)66-48(46-65-55-54(60)53(59)52(58)49(67-55)47-68(61,62)63)45-64-50(56)43-41-39-37-35-33-31-29-27-20-18-16-14-12-10-8-6-4-2/h12,14,18,20,29,31,35,37,48-49,52-55,58-60H,3-11,13,15-17,19,21-28,30,32-34,36,38-47H2,1-2H3,(H,61,62,63)/b14-12+,20-18+,31-29+,37-35+/t48-,49-,52-,53?,54?,55+/m1/s1. The van der Waals surface area contributed by atoms with E-state index in [1.54, 1.807) is 0 Å². The number of rotatable bonds is 46. The molecule has 1 heterocycles. The Hall–Kier alpha value is -2.39. The summed E-state index contributed by atoms with van der Waals surface area (Å²) in [5.74, 6) is -2.05. The van der Waals surface area contributed by atoms with E-state index >= 15 is 0 Å². The minimum absolute atomic E-state index is 0.144. The Morgan fingerprint density at radius 2 is 0.897 bits per heavy atom. The first-order valence-corrected chi connectivity index (χ1v) is 28.8. The molecule has 68 heavy (non-hydrogen) atoms. The number of hydrogen-bond donors (Lipinski definition) is 4. The number of esters is 2. The van der Waals surface area contributed by atoms with Crippen LogP contribution in [0.5, 0.6) is 0 Å². The second-order valence-corrected chi connectivity index (χ2v) is 20.4. The monoisotopic (exact) mass is 983 g/mol. The fourth-order valence-corrected chi connectivity index (χ4v) is 8.89. The molecule has 2 unspecified atom stereocenters. The Labute approximate surface area is 413 Å². The summed E-state index contributed by atoms with van der Waals surface area (Å²) in [6.45, 7) is 3.72. The van der Waals surface area contributed by atoms with Crippen molar-refractivity contribution >= 4 is 22.1 Å². The maximum absolute atomic E-state index is 12.9. The maximum Gasteiger partial charge on any atom is 0.306 e. The molecule has 0 bridgehead atoms. The molecule has 6 atom stereocenters. The van der Waals surface area contributed by atoms with Crippen LogP contribution in [0.4, 0.5) is 0 Å². The molecule has 1 aliphatic heterocycles. The van der Waals surface area contributed by atoms with E-state index in [2.05, 4.69) is 56.4 Å². The van der Waals surface area contributed by atoms with Gasteiger partial charge in [0.05, 0.1) is 6.61 Å². The van der Waals surface area contributed by atoms with Crippen molar-refractivity contribution in [2.24, 2.45) is 0 Å². The number of unbranched alkanes of at least 4 members (excludes halogenated alkanes) is 26. The van der Waals surface area contributed by atoms with Gasteiger partial charge >= 0.3 is 11.9 Å². The van der Waals surface area contributed by atoms with E-state index in [1.165, 1.54) is 141 Å². The fourth-order valence-electron chi connectivity index (χ4n) is 8.20. The number of allylic oxidation sites excluding steroid dienone is 8. The molecule has 0 aromatic rings. The molecule has 1 saturated heterocycles. The summed E-state index contributed by atoms with van der Waals surface area (Å²) in [6.07, 6.45) is 45.9. The highest BCUT2D eigenvalue weighted by Crippen LogP contribution is 2.24. The molecule has 1 aliphatic rings. The topological polar surface area (TPSA) is 186 Å². The molecule has 12 nitrogen and oxygen atoms in total. The van der Waals surface area contributed by atoms with Gasteiger partial charge in [-0.3, -0.25) is 14.1 Å². The molecule has 0 spiro atoms. The van der Waals surface area contributed by atoms with Gasteiger partial charge in [0.25, 0.3) is 10.1 Å². The molecule has 0 aliphatic carbocycles. The van der Waals surface area contributed by atoms with Crippen LogP contribution in [0.3, 0.4) is 0 Å². The third kappa shape index (κ3) is 38.4. The van der Waals surface area contributed by atoms with Crippen molar-refractivity contribution in [3.8, 4) is 0 Å². The van der Waals surface area contributed by atoms with Gasteiger partial charge in [-0.05, 0) is 51.4 Å². The predicted octanol–water partition coefficient (Wildman–Crippen LogP) is 12.7. The van der Waals surface area contributed by atoms with Gasteiger partial charge in [-0.25, -0.2) is 0 Å². The second-order valence-electron chi connectivity index (χ2n) is 18.9. The molecule has 0 amide bonds. The summed E-state index contributed by atoms with van der Waals surface area (Å²) in [5, 5.41) is 31.0. The van der Waals surface area contributed by atoms with Crippen LogP contribution < -0.4 is 0 Å². The van der Waals surface area contributed by atoms with Crippen molar-refractivity contribution < 1.29 is 56.8 Å². The minimum atomic E-state index is -4.61. The molecular formula is C55H98O12S. The predicted molar refractivity (Wildman–Crippen MR) is 275 cm³/mol. The molecular weight excluding hydrogens is 885 g/mol. The molecule has 0 saturated carbocycles. The Kier molecular flexibility index (Phi) is 41.7. The Bertz CT molecular complexity index is 1430. The minimum Gasteiger partial charge on any atom is -0.462 e. The molecule has 396 valence electrons. The van der Waals surface area contributed by atoms with Crippen LogP contribution in [-0.2, 0) is 38.7 Å². The Morgan fingerprint density at radius 1 is 0.500 bits per heavy atom. The lowest BCUT2D eigenvalue weighted by atomic mass is 10.00. The van der Waals surface area contributed by atoms with Gasteiger partial charge in [-0.2, -0.15) is 8.42 Å². The van der Waals surface area contributed by atoms with Crippen molar-refractivity contribution in [2.45, 2.75) is 269 Å². The number of aliphatic hydroxyl groups is 3. The van der Waals surface area contributed by atoms with E-state index in [0.717, 1.165) is 44.9 Å². The highest BCUT2D eigenvalue weighted by Gasteiger charge is 2.46. The van der Waals surface area contributed by atoms with Crippen molar-refractivity contribution in [3.63, 3.8) is 0 Å². The number of carbonyl (C=O) groups is 2. The number of hydrogen-bond acceptors (Lipinski definition) is 11. The zero-order valence-corrected chi connectivity index (χ0v) is 43.5. The van der Waals surface area contributed by atoms with E-state index in [9.17, 15) is 37.9 Å². The van der Waals surface area contributed by atoms with Crippen LogP contribution in [0, 0.1) is 0 Å². The van der Waals surface area contributed by atoms with Crippen molar-refractivity contribution in [2.75, 3.05) is 19.0 Å². The van der Waals surface area contributed by atoms with E-state index in [4.69, 9.17) is 18.9 Å². The Morgan fingerprint density at radius 3 is 1.35 bits per heavy atom. The summed E-state index contributed by atoms with van der Waals surface area (Å²) < 4.78 is 54.2. The van der Waals surface area contributed by atoms with E-state index in [1.807, 2.05) is 6.08 Å². The summed E-state index contributed by atoms with van der Waals surface area (Å²) >= 11 is 0. The largest absolute Gasteiger partial charge is 0.462 e. The van der Waals surface area contributed by atoms with Crippen LogP contribution in [0.15, 0.2) is 48.6 Å². The highest BCUT2D eigenvalue weighted by molar-refractivity contribution is 7.85. The zero-order valence-electron chi connectivity index (χ0n) is 42.7. The number of ether oxygens (including phenoxy) is 4. The molecule has 4 N–H and O–H groups in total. The molecule has 0 aromatic heterocycles. The third-order valence-corrected chi connectivity index (χ3v) is 13.2. The van der Waals surface area contributed by atoms with Gasteiger partial charge < -0.3 is 34.3 Å². The van der Waals surface area contributed by atoms with Gasteiger partial charge in [0.2, 0.25) is 0 Å². The first-order chi connectivity index (χ1) is 33.0. The molecule has 1 fully saturated rings. The van der Waals surface area contributed by atoms with Gasteiger partial charge in [-0.15, -0.1) is 0 Å². The molecule has 13 heteroatoms. The average molecular weight is 983 g/mol. The van der Waals surface area contributed by atoms with E-state index < -0.39 is 71.2 Å². The van der Waals surface area contributed by atoms with Crippen LogP contribution in [0.2, 0.25) is 0 Å². The lowest BCUT2D eigenvalue weighted by molar-refractivity contribution is -0.297. The lowest BCUT2D eigenvalue weighted by Gasteiger charge is -2.40. The van der Waals surface area contributed by atoms with Crippen molar-refractivity contribution in [1.29, 1.82) is 0 Å². The second kappa shape index (κ2) is 44.5. The first kappa shape index (κ1) is 63.6. The molecule has 0 aromatic carbocycles. The summed E-state index contributed by atoms with van der Waals surface area (Å²) in [6, 6.07) is 0. The van der Waals surface area contributed by atoms with Crippen LogP contribution >= 0.6 is 0 Å².